The lowest BCUT2D eigenvalue weighted by Crippen LogP contribution is -2.10. The number of sulfone groups is 1. The lowest BCUT2D eigenvalue weighted by atomic mass is 10.2. The predicted molar refractivity (Wildman–Crippen MR) is 82.4 cm³/mol. The molecule has 0 saturated heterocycles. The molecule has 0 radical (unpaired) electrons. The van der Waals surface area contributed by atoms with Gasteiger partial charge in [-0.3, -0.25) is 15.1 Å². The number of non-ortho nitro benzene ring substituents is 1. The number of aromatic nitrogens is 1. The Morgan fingerprint density at radius 2 is 2.00 bits per heavy atom. The number of nitrogens with zero attached hydrogens (tertiary/aromatic N) is 2. The molecule has 0 unspecified atom stereocenters. The number of benzene rings is 1. The molecule has 116 valence electrons. The molecule has 7 heteroatoms. The third kappa shape index (κ3) is 3.88. The molecule has 0 aliphatic rings. The van der Waals surface area contributed by atoms with Gasteiger partial charge in [-0.25, -0.2) is 8.42 Å². The number of hydrogen-bond donors (Lipinski definition) is 0. The Morgan fingerprint density at radius 1 is 1.23 bits per heavy atom. The van der Waals surface area contributed by atoms with Crippen LogP contribution in [-0.4, -0.2) is 24.1 Å². The van der Waals surface area contributed by atoms with Crippen molar-refractivity contribution in [2.45, 2.75) is 24.7 Å². The van der Waals surface area contributed by atoms with E-state index in [1.807, 2.05) is 12.1 Å². The zero-order valence-corrected chi connectivity index (χ0v) is 12.9. The third-order valence-electron chi connectivity index (χ3n) is 3.29. The van der Waals surface area contributed by atoms with Crippen LogP contribution in [0.1, 0.15) is 17.7 Å². The molecular formula is C15H16N2O4S. The van der Waals surface area contributed by atoms with E-state index in [0.29, 0.717) is 18.4 Å². The maximum absolute atomic E-state index is 12.4. The number of nitro benzene ring substituents is 1. The highest BCUT2D eigenvalue weighted by Gasteiger charge is 2.20. The minimum Gasteiger partial charge on any atom is -0.261 e. The fourth-order valence-corrected chi connectivity index (χ4v) is 3.74. The average molecular weight is 320 g/mol. The minimum atomic E-state index is -3.55. The molecule has 1 heterocycles. The van der Waals surface area contributed by atoms with Crippen LogP contribution in [-0.2, 0) is 16.3 Å². The van der Waals surface area contributed by atoms with Gasteiger partial charge in [-0.05, 0) is 37.5 Å². The van der Waals surface area contributed by atoms with Gasteiger partial charge in [-0.2, -0.15) is 0 Å². The summed E-state index contributed by atoms with van der Waals surface area (Å²) in [4.78, 5) is 14.4. The van der Waals surface area contributed by atoms with Crippen LogP contribution in [0.3, 0.4) is 0 Å². The van der Waals surface area contributed by atoms with E-state index in [4.69, 9.17) is 0 Å². The second-order valence-electron chi connectivity index (χ2n) is 4.95. The molecule has 0 N–H and O–H groups in total. The molecular weight excluding hydrogens is 304 g/mol. The van der Waals surface area contributed by atoms with Crippen molar-refractivity contribution in [1.82, 2.24) is 4.98 Å². The first-order valence-electron chi connectivity index (χ1n) is 6.78. The van der Waals surface area contributed by atoms with E-state index in [-0.39, 0.29) is 16.3 Å². The average Bonchev–Trinajstić information content (AvgIpc) is 2.48. The lowest BCUT2D eigenvalue weighted by Gasteiger charge is -2.07. The van der Waals surface area contributed by atoms with Gasteiger partial charge in [0.1, 0.15) is 0 Å². The third-order valence-corrected chi connectivity index (χ3v) is 5.23. The van der Waals surface area contributed by atoms with Crippen molar-refractivity contribution in [2.75, 3.05) is 5.75 Å². The molecule has 2 rings (SSSR count). The van der Waals surface area contributed by atoms with Crippen molar-refractivity contribution in [3.05, 3.63) is 64.0 Å². The molecule has 2 aromatic rings. The van der Waals surface area contributed by atoms with Crippen molar-refractivity contribution in [3.63, 3.8) is 0 Å². The first-order valence-corrected chi connectivity index (χ1v) is 8.43. The van der Waals surface area contributed by atoms with Gasteiger partial charge >= 0.3 is 0 Å². The fraction of sp³-hybridized carbons (Fsp3) is 0.267. The molecule has 0 aliphatic carbocycles. The van der Waals surface area contributed by atoms with E-state index < -0.39 is 14.8 Å². The molecule has 1 aromatic heterocycles. The molecule has 0 saturated carbocycles. The quantitative estimate of drug-likeness (QED) is 0.603. The van der Waals surface area contributed by atoms with Gasteiger partial charge in [-0.1, -0.05) is 12.1 Å². The smallest absolute Gasteiger partial charge is 0.261 e. The molecule has 0 aliphatic heterocycles. The summed E-state index contributed by atoms with van der Waals surface area (Å²) in [5.74, 6) is -0.0639. The van der Waals surface area contributed by atoms with E-state index in [1.165, 1.54) is 12.1 Å². The Morgan fingerprint density at radius 3 is 2.64 bits per heavy atom. The van der Waals surface area contributed by atoms with Crippen LogP contribution in [0.5, 0.6) is 0 Å². The summed E-state index contributed by atoms with van der Waals surface area (Å²) in [7, 11) is -3.55. The summed E-state index contributed by atoms with van der Waals surface area (Å²) in [5.41, 5.74) is 1.13. The van der Waals surface area contributed by atoms with Crippen molar-refractivity contribution in [3.8, 4) is 0 Å². The lowest BCUT2D eigenvalue weighted by molar-refractivity contribution is -0.385. The highest BCUT2D eigenvalue weighted by Crippen LogP contribution is 2.23. The normalized spacial score (nSPS) is 11.3. The van der Waals surface area contributed by atoms with Crippen LogP contribution in [0.15, 0.2) is 47.5 Å². The zero-order valence-electron chi connectivity index (χ0n) is 12.1. The SMILES string of the molecule is Cc1ccc([N+](=O)[O-])cc1S(=O)(=O)CCCc1ccccn1. The van der Waals surface area contributed by atoms with Crippen molar-refractivity contribution in [2.24, 2.45) is 0 Å². The zero-order chi connectivity index (χ0) is 16.2. The number of pyridine rings is 1. The summed E-state index contributed by atoms with van der Waals surface area (Å²) < 4.78 is 24.8. The summed E-state index contributed by atoms with van der Waals surface area (Å²) in [6.07, 6.45) is 2.63. The maximum atomic E-state index is 12.4. The molecule has 1 aromatic carbocycles. The summed E-state index contributed by atoms with van der Waals surface area (Å²) in [5, 5.41) is 10.8. The van der Waals surface area contributed by atoms with Gasteiger partial charge in [0.15, 0.2) is 9.84 Å². The van der Waals surface area contributed by atoms with E-state index >= 15 is 0 Å². The van der Waals surface area contributed by atoms with Gasteiger partial charge in [-0.15, -0.1) is 0 Å². The first kappa shape index (κ1) is 16.1. The van der Waals surface area contributed by atoms with Crippen LogP contribution in [0.25, 0.3) is 0 Å². The second kappa shape index (κ2) is 6.65. The Labute approximate surface area is 128 Å². The topological polar surface area (TPSA) is 90.2 Å². The van der Waals surface area contributed by atoms with E-state index in [9.17, 15) is 18.5 Å². The molecule has 0 spiro atoms. The van der Waals surface area contributed by atoms with Crippen LogP contribution < -0.4 is 0 Å². The summed E-state index contributed by atoms with van der Waals surface area (Å²) >= 11 is 0. The molecule has 0 fully saturated rings. The highest BCUT2D eigenvalue weighted by molar-refractivity contribution is 7.91. The number of hydrogen-bond acceptors (Lipinski definition) is 5. The largest absolute Gasteiger partial charge is 0.270 e. The monoisotopic (exact) mass is 320 g/mol. The molecule has 0 amide bonds. The van der Waals surface area contributed by atoms with E-state index in [1.54, 1.807) is 19.2 Å². The molecule has 6 nitrogen and oxygen atoms in total. The predicted octanol–water partition coefficient (Wildman–Crippen LogP) is 2.70. The Kier molecular flexibility index (Phi) is 4.87. The Hall–Kier alpha value is -2.28. The van der Waals surface area contributed by atoms with Gasteiger partial charge in [0.25, 0.3) is 5.69 Å². The molecule has 0 atom stereocenters. The van der Waals surface area contributed by atoms with Crippen LogP contribution in [0, 0.1) is 17.0 Å². The van der Waals surface area contributed by atoms with Gasteiger partial charge < -0.3 is 0 Å². The Balaban J connectivity index is 2.13. The van der Waals surface area contributed by atoms with E-state index in [0.717, 1.165) is 11.8 Å². The first-order chi connectivity index (χ1) is 10.4. The highest BCUT2D eigenvalue weighted by atomic mass is 32.2. The van der Waals surface area contributed by atoms with Crippen molar-refractivity contribution in [1.29, 1.82) is 0 Å². The molecule has 22 heavy (non-hydrogen) atoms. The van der Waals surface area contributed by atoms with Crippen LogP contribution in [0.2, 0.25) is 0 Å². The Bertz CT molecular complexity index is 773. The standard InChI is InChI=1S/C15H16N2O4S/c1-12-7-8-14(17(18)19)11-15(12)22(20,21)10-4-6-13-5-2-3-9-16-13/h2-3,5,7-9,11H,4,6,10H2,1H3. The minimum absolute atomic E-state index is 0.0303. The number of aryl methyl sites for hydroxylation is 2. The van der Waals surface area contributed by atoms with Crippen LogP contribution in [0.4, 0.5) is 5.69 Å². The number of nitro groups is 1. The van der Waals surface area contributed by atoms with Crippen molar-refractivity contribution >= 4 is 15.5 Å². The van der Waals surface area contributed by atoms with Gasteiger partial charge in [0.2, 0.25) is 0 Å². The van der Waals surface area contributed by atoms with Crippen molar-refractivity contribution < 1.29 is 13.3 Å². The van der Waals surface area contributed by atoms with Crippen LogP contribution >= 0.6 is 0 Å². The van der Waals surface area contributed by atoms with Gasteiger partial charge in [0, 0.05) is 24.0 Å². The molecule has 0 bridgehead atoms. The second-order valence-corrected chi connectivity index (χ2v) is 7.03. The maximum Gasteiger partial charge on any atom is 0.270 e. The van der Waals surface area contributed by atoms with Gasteiger partial charge in [0.05, 0.1) is 15.6 Å². The summed E-state index contributed by atoms with van der Waals surface area (Å²) in [6.45, 7) is 1.63. The van der Waals surface area contributed by atoms with E-state index in [2.05, 4.69) is 4.98 Å². The fourth-order valence-electron chi connectivity index (χ4n) is 2.14. The number of rotatable bonds is 6. The summed E-state index contributed by atoms with van der Waals surface area (Å²) in [6, 6.07) is 9.39.